The van der Waals surface area contributed by atoms with Crippen LogP contribution in [0.25, 0.3) is 0 Å². The van der Waals surface area contributed by atoms with Crippen LogP contribution in [0, 0.1) is 0 Å². The Kier molecular flexibility index (Phi) is 4.95. The summed E-state index contributed by atoms with van der Waals surface area (Å²) in [6.07, 6.45) is 3.05. The molecule has 0 aliphatic carbocycles. The molecule has 134 valence electrons. The Labute approximate surface area is 140 Å². The molecule has 0 fully saturated rings. The highest BCUT2D eigenvalue weighted by Gasteiger charge is 2.30. The van der Waals surface area contributed by atoms with Gasteiger partial charge in [0, 0.05) is 12.1 Å². The Morgan fingerprint density at radius 3 is 2.50 bits per heavy atom. The summed E-state index contributed by atoms with van der Waals surface area (Å²) in [6, 6.07) is 2.89. The summed E-state index contributed by atoms with van der Waals surface area (Å²) in [5, 5.41) is 0. The van der Waals surface area contributed by atoms with E-state index >= 15 is 0 Å². The summed E-state index contributed by atoms with van der Waals surface area (Å²) in [5.41, 5.74) is 6.08. The molecule has 0 atom stereocenters. The Hall–Kier alpha value is -2.01. The van der Waals surface area contributed by atoms with Crippen LogP contribution in [-0.4, -0.2) is 48.4 Å². The van der Waals surface area contributed by atoms with E-state index in [1.165, 1.54) is 12.1 Å². The van der Waals surface area contributed by atoms with Gasteiger partial charge in [0.15, 0.2) is 6.61 Å². The Bertz CT molecular complexity index is 864. The van der Waals surface area contributed by atoms with Crippen molar-refractivity contribution in [2.75, 3.05) is 34.7 Å². The maximum Gasteiger partial charge on any atom is 0.255 e. The van der Waals surface area contributed by atoms with Crippen molar-refractivity contribution in [3.63, 3.8) is 0 Å². The molecule has 0 bridgehead atoms. The molecule has 24 heavy (non-hydrogen) atoms. The number of benzene rings is 1. The molecule has 1 aromatic rings. The molecule has 0 saturated heterocycles. The molecule has 0 radical (unpaired) electrons. The lowest BCUT2D eigenvalue weighted by Crippen LogP contribution is -2.35. The Morgan fingerprint density at radius 1 is 1.29 bits per heavy atom. The van der Waals surface area contributed by atoms with E-state index in [1.54, 1.807) is 0 Å². The summed E-state index contributed by atoms with van der Waals surface area (Å²) in [7, 11) is -7.14. The quantitative estimate of drug-likeness (QED) is 0.694. The van der Waals surface area contributed by atoms with Crippen LogP contribution in [-0.2, 0) is 31.3 Å². The number of sulfonamides is 2. The topological polar surface area (TPSA) is 136 Å². The maximum absolute atomic E-state index is 12.1. The number of nitrogens with one attached hydrogen (secondary N) is 1. The second kappa shape index (κ2) is 6.48. The Balaban J connectivity index is 2.61. The van der Waals surface area contributed by atoms with Gasteiger partial charge in [0.25, 0.3) is 5.91 Å². The number of carbonyl (C=O) groups is 1. The number of fused-ring (bicyclic) bond motifs is 1. The summed E-state index contributed by atoms with van der Waals surface area (Å²) in [6.45, 7) is -0.177. The molecule has 1 amide bonds. The van der Waals surface area contributed by atoms with Crippen LogP contribution >= 0.6 is 0 Å². The van der Waals surface area contributed by atoms with Gasteiger partial charge in [-0.15, -0.1) is 0 Å². The molecule has 0 unspecified atom stereocenters. The lowest BCUT2D eigenvalue weighted by Gasteiger charge is -2.32. The van der Waals surface area contributed by atoms with Crippen LogP contribution in [0.4, 0.5) is 11.4 Å². The van der Waals surface area contributed by atoms with Crippen molar-refractivity contribution in [3.05, 3.63) is 17.7 Å². The van der Waals surface area contributed by atoms with Gasteiger partial charge < -0.3 is 10.5 Å². The number of ether oxygens (including phenoxy) is 1. The number of primary amides is 1. The highest BCUT2D eigenvalue weighted by Crippen LogP contribution is 2.42. The fourth-order valence-electron chi connectivity index (χ4n) is 2.54. The SMILES string of the molecule is CS(=O)(=O)Nc1ccc(OCC(N)=O)c2c1CCCN2S(C)(=O)=O. The molecule has 1 aliphatic rings. The summed E-state index contributed by atoms with van der Waals surface area (Å²) in [5.74, 6) is -0.545. The van der Waals surface area contributed by atoms with Crippen molar-refractivity contribution < 1.29 is 26.4 Å². The average Bonchev–Trinajstić information content (AvgIpc) is 2.43. The number of hydrogen-bond donors (Lipinski definition) is 2. The zero-order valence-corrected chi connectivity index (χ0v) is 14.9. The molecule has 0 aromatic heterocycles. The first kappa shape index (κ1) is 18.3. The molecular formula is C13H19N3O6S2. The van der Waals surface area contributed by atoms with Gasteiger partial charge in [-0.2, -0.15) is 0 Å². The second-order valence-corrected chi connectivity index (χ2v) is 9.16. The first-order valence-corrected chi connectivity index (χ1v) is 10.8. The standard InChI is InChI=1S/C13H19N3O6S2/c1-23(18,19)15-10-5-6-11(22-8-12(14)17)13-9(10)4-3-7-16(13)24(2,20)21/h5-6,15H,3-4,7-8H2,1-2H3,(H2,14,17). The molecule has 1 heterocycles. The lowest BCUT2D eigenvalue weighted by atomic mass is 10.0. The van der Waals surface area contributed by atoms with E-state index < -0.39 is 32.6 Å². The van der Waals surface area contributed by atoms with E-state index in [1.807, 2.05) is 0 Å². The van der Waals surface area contributed by atoms with E-state index in [4.69, 9.17) is 10.5 Å². The van der Waals surface area contributed by atoms with Crippen LogP contribution < -0.4 is 19.5 Å². The predicted molar refractivity (Wildman–Crippen MR) is 90.1 cm³/mol. The third-order valence-electron chi connectivity index (χ3n) is 3.35. The summed E-state index contributed by atoms with van der Waals surface area (Å²) >= 11 is 0. The van der Waals surface area contributed by atoms with Crippen molar-refractivity contribution in [2.24, 2.45) is 5.73 Å². The van der Waals surface area contributed by atoms with Crippen LogP contribution in [0.15, 0.2) is 12.1 Å². The van der Waals surface area contributed by atoms with Crippen LogP contribution in [0.2, 0.25) is 0 Å². The maximum atomic E-state index is 12.1. The van der Waals surface area contributed by atoms with Gasteiger partial charge in [0.1, 0.15) is 5.75 Å². The van der Waals surface area contributed by atoms with Crippen molar-refractivity contribution in [2.45, 2.75) is 12.8 Å². The van der Waals surface area contributed by atoms with E-state index in [9.17, 15) is 21.6 Å². The smallest absolute Gasteiger partial charge is 0.255 e. The first-order valence-electron chi connectivity index (χ1n) is 7.01. The van der Waals surface area contributed by atoms with Gasteiger partial charge in [-0.1, -0.05) is 0 Å². The van der Waals surface area contributed by atoms with Gasteiger partial charge in [0.05, 0.1) is 23.9 Å². The van der Waals surface area contributed by atoms with Gasteiger partial charge in [-0.3, -0.25) is 13.8 Å². The fourth-order valence-corrected chi connectivity index (χ4v) is 4.13. The van der Waals surface area contributed by atoms with Gasteiger partial charge in [-0.05, 0) is 25.0 Å². The molecule has 0 saturated carbocycles. The number of hydrogen-bond acceptors (Lipinski definition) is 6. The van der Waals surface area contributed by atoms with E-state index in [-0.39, 0.29) is 23.7 Å². The normalized spacial score (nSPS) is 14.8. The number of amides is 1. The van der Waals surface area contributed by atoms with E-state index in [0.717, 1.165) is 16.8 Å². The van der Waals surface area contributed by atoms with Crippen LogP contribution in [0.1, 0.15) is 12.0 Å². The molecule has 1 aliphatic heterocycles. The molecule has 0 spiro atoms. The van der Waals surface area contributed by atoms with Crippen LogP contribution in [0.3, 0.4) is 0 Å². The number of carbonyl (C=O) groups excluding carboxylic acids is 1. The fraction of sp³-hybridized carbons (Fsp3) is 0.462. The minimum atomic E-state index is -3.60. The molecular weight excluding hydrogens is 358 g/mol. The third kappa shape index (κ3) is 4.29. The zero-order chi connectivity index (χ0) is 18.1. The molecule has 11 heteroatoms. The van der Waals surface area contributed by atoms with Gasteiger partial charge in [0.2, 0.25) is 20.0 Å². The van der Waals surface area contributed by atoms with Crippen molar-refractivity contribution in [1.82, 2.24) is 0 Å². The predicted octanol–water partition coefficient (Wildman–Crippen LogP) is -0.366. The molecule has 2 rings (SSSR count). The van der Waals surface area contributed by atoms with Crippen molar-refractivity contribution in [1.29, 1.82) is 0 Å². The Morgan fingerprint density at radius 2 is 1.96 bits per heavy atom. The summed E-state index contributed by atoms with van der Waals surface area (Å²) < 4.78 is 56.1. The van der Waals surface area contributed by atoms with E-state index in [0.29, 0.717) is 18.4 Å². The number of anilines is 2. The highest BCUT2D eigenvalue weighted by molar-refractivity contribution is 7.92. The van der Waals surface area contributed by atoms with Crippen molar-refractivity contribution >= 4 is 37.3 Å². The molecule has 3 N–H and O–H groups in total. The van der Waals surface area contributed by atoms with Gasteiger partial charge >= 0.3 is 0 Å². The van der Waals surface area contributed by atoms with Crippen molar-refractivity contribution in [3.8, 4) is 5.75 Å². The number of nitrogens with zero attached hydrogens (tertiary/aromatic N) is 1. The second-order valence-electron chi connectivity index (χ2n) is 5.51. The highest BCUT2D eigenvalue weighted by atomic mass is 32.2. The lowest BCUT2D eigenvalue weighted by molar-refractivity contribution is -0.119. The third-order valence-corrected chi connectivity index (χ3v) is 5.11. The average molecular weight is 377 g/mol. The minimum absolute atomic E-state index is 0.160. The van der Waals surface area contributed by atoms with Gasteiger partial charge in [-0.25, -0.2) is 16.8 Å². The molecule has 1 aromatic carbocycles. The monoisotopic (exact) mass is 377 g/mol. The minimum Gasteiger partial charge on any atom is -0.482 e. The summed E-state index contributed by atoms with van der Waals surface area (Å²) in [4.78, 5) is 10.9. The largest absolute Gasteiger partial charge is 0.482 e. The number of nitrogens with two attached hydrogens (primary N) is 1. The first-order chi connectivity index (χ1) is 11.0. The van der Waals surface area contributed by atoms with Crippen LogP contribution in [0.5, 0.6) is 5.75 Å². The van der Waals surface area contributed by atoms with E-state index in [2.05, 4.69) is 4.72 Å². The molecule has 9 nitrogen and oxygen atoms in total. The number of rotatable bonds is 6. The zero-order valence-electron chi connectivity index (χ0n) is 13.3.